The van der Waals surface area contributed by atoms with Gasteiger partial charge in [0.15, 0.2) is 0 Å². The van der Waals surface area contributed by atoms with E-state index in [1.165, 1.54) is 0 Å². The third-order valence-electron chi connectivity index (χ3n) is 5.00. The van der Waals surface area contributed by atoms with E-state index in [4.69, 9.17) is 0 Å². The minimum absolute atomic E-state index is 0.0159. The Morgan fingerprint density at radius 1 is 1.04 bits per heavy atom. The summed E-state index contributed by atoms with van der Waals surface area (Å²) in [7, 11) is 0. The summed E-state index contributed by atoms with van der Waals surface area (Å²) in [5, 5.41) is 2.78. The average molecular weight is 327 g/mol. The second-order valence-electron chi connectivity index (χ2n) is 6.84. The van der Waals surface area contributed by atoms with Crippen molar-refractivity contribution in [2.75, 3.05) is 31.5 Å². The van der Waals surface area contributed by atoms with Crippen molar-refractivity contribution in [1.29, 1.82) is 0 Å². The van der Waals surface area contributed by atoms with Gasteiger partial charge in [-0.15, -0.1) is 0 Å². The van der Waals surface area contributed by atoms with Gasteiger partial charge in [-0.05, 0) is 43.0 Å². The lowest BCUT2D eigenvalue weighted by molar-refractivity contribution is -0.132. The van der Waals surface area contributed by atoms with Crippen molar-refractivity contribution < 1.29 is 14.4 Å². The SMILES string of the molecule is O=C1Cc2cc(C(=O)N3CCCN(C(=O)C4CC4)CC3)ccc2N1. The van der Waals surface area contributed by atoms with E-state index in [0.29, 0.717) is 31.6 Å². The van der Waals surface area contributed by atoms with Gasteiger partial charge in [0.1, 0.15) is 0 Å². The molecule has 3 amide bonds. The topological polar surface area (TPSA) is 69.7 Å². The summed E-state index contributed by atoms with van der Waals surface area (Å²) in [4.78, 5) is 40.2. The third kappa shape index (κ3) is 2.88. The molecule has 1 aromatic rings. The molecule has 0 bridgehead atoms. The second kappa shape index (κ2) is 5.92. The zero-order valence-electron chi connectivity index (χ0n) is 13.6. The van der Waals surface area contributed by atoms with Gasteiger partial charge in [-0.2, -0.15) is 0 Å². The quantitative estimate of drug-likeness (QED) is 0.889. The molecular weight excluding hydrogens is 306 g/mol. The van der Waals surface area contributed by atoms with Crippen molar-refractivity contribution in [3.05, 3.63) is 29.3 Å². The molecule has 4 rings (SSSR count). The highest BCUT2D eigenvalue weighted by molar-refractivity contribution is 6.01. The fourth-order valence-electron chi connectivity index (χ4n) is 3.47. The summed E-state index contributed by atoms with van der Waals surface area (Å²) in [6.07, 6.45) is 3.18. The number of anilines is 1. The number of nitrogens with one attached hydrogen (secondary N) is 1. The number of hydrogen-bond acceptors (Lipinski definition) is 3. The van der Waals surface area contributed by atoms with Gasteiger partial charge >= 0.3 is 0 Å². The van der Waals surface area contributed by atoms with E-state index in [1.54, 1.807) is 12.1 Å². The fourth-order valence-corrected chi connectivity index (χ4v) is 3.47. The first kappa shape index (κ1) is 15.2. The summed E-state index contributed by atoms with van der Waals surface area (Å²) in [5.41, 5.74) is 2.30. The predicted octanol–water partition coefficient (Wildman–Crippen LogP) is 1.27. The number of nitrogens with zero attached hydrogens (tertiary/aromatic N) is 2. The van der Waals surface area contributed by atoms with E-state index >= 15 is 0 Å². The Labute approximate surface area is 140 Å². The van der Waals surface area contributed by atoms with Gasteiger partial charge in [-0.3, -0.25) is 14.4 Å². The molecular formula is C18H21N3O3. The van der Waals surface area contributed by atoms with Gasteiger partial charge in [0, 0.05) is 43.3 Å². The lowest BCUT2D eigenvalue weighted by Gasteiger charge is -2.22. The molecule has 2 heterocycles. The van der Waals surface area contributed by atoms with Crippen molar-refractivity contribution in [2.45, 2.75) is 25.7 Å². The molecule has 2 aliphatic heterocycles. The Kier molecular flexibility index (Phi) is 3.75. The molecule has 0 radical (unpaired) electrons. The van der Waals surface area contributed by atoms with Crippen LogP contribution in [0.15, 0.2) is 18.2 Å². The number of carbonyl (C=O) groups is 3. The van der Waals surface area contributed by atoms with Crippen LogP contribution >= 0.6 is 0 Å². The van der Waals surface area contributed by atoms with Crippen molar-refractivity contribution >= 4 is 23.4 Å². The maximum Gasteiger partial charge on any atom is 0.253 e. The van der Waals surface area contributed by atoms with Crippen LogP contribution in [-0.2, 0) is 16.0 Å². The van der Waals surface area contributed by atoms with E-state index in [1.807, 2.05) is 15.9 Å². The molecule has 1 N–H and O–H groups in total. The van der Waals surface area contributed by atoms with Crippen LogP contribution in [0.2, 0.25) is 0 Å². The number of carbonyl (C=O) groups excluding carboxylic acids is 3. The van der Waals surface area contributed by atoms with Crippen LogP contribution in [0.5, 0.6) is 0 Å². The van der Waals surface area contributed by atoms with Gasteiger partial charge in [-0.25, -0.2) is 0 Å². The molecule has 6 nitrogen and oxygen atoms in total. The molecule has 1 aromatic carbocycles. The largest absolute Gasteiger partial charge is 0.341 e. The highest BCUT2D eigenvalue weighted by atomic mass is 16.2. The Bertz CT molecular complexity index is 711. The smallest absolute Gasteiger partial charge is 0.253 e. The lowest BCUT2D eigenvalue weighted by atomic mass is 10.1. The number of hydrogen-bond donors (Lipinski definition) is 1. The minimum atomic E-state index is -0.0291. The minimum Gasteiger partial charge on any atom is -0.341 e. The van der Waals surface area contributed by atoms with Gasteiger partial charge in [0.05, 0.1) is 6.42 Å². The summed E-state index contributed by atoms with van der Waals surface area (Å²) >= 11 is 0. The summed E-state index contributed by atoms with van der Waals surface area (Å²) in [5.74, 6) is 0.442. The van der Waals surface area contributed by atoms with Crippen LogP contribution in [0.4, 0.5) is 5.69 Å². The Morgan fingerprint density at radius 2 is 1.79 bits per heavy atom. The normalized spacial score (nSPS) is 20.4. The van der Waals surface area contributed by atoms with Gasteiger partial charge < -0.3 is 15.1 Å². The molecule has 0 unspecified atom stereocenters. The standard InChI is InChI=1S/C18H21N3O3/c22-16-11-14-10-13(4-5-15(14)19-16)18(24)21-7-1-6-20(8-9-21)17(23)12-2-3-12/h4-5,10,12H,1-3,6-9,11H2,(H,19,22). The first-order valence-electron chi connectivity index (χ1n) is 8.62. The Balaban J connectivity index is 1.44. The van der Waals surface area contributed by atoms with Crippen LogP contribution < -0.4 is 5.32 Å². The second-order valence-corrected chi connectivity index (χ2v) is 6.84. The Hall–Kier alpha value is -2.37. The first-order chi connectivity index (χ1) is 11.6. The summed E-state index contributed by atoms with van der Waals surface area (Å²) in [6.45, 7) is 2.60. The molecule has 0 aromatic heterocycles. The molecule has 6 heteroatoms. The predicted molar refractivity (Wildman–Crippen MR) is 88.6 cm³/mol. The van der Waals surface area contributed by atoms with E-state index in [0.717, 1.165) is 37.1 Å². The first-order valence-corrected chi connectivity index (χ1v) is 8.62. The monoisotopic (exact) mass is 327 g/mol. The van der Waals surface area contributed by atoms with Crippen LogP contribution in [0.25, 0.3) is 0 Å². The van der Waals surface area contributed by atoms with Crippen molar-refractivity contribution in [1.82, 2.24) is 9.80 Å². The zero-order chi connectivity index (χ0) is 16.7. The molecule has 3 aliphatic rings. The average Bonchev–Trinajstić information content (AvgIpc) is 3.37. The van der Waals surface area contributed by atoms with Crippen LogP contribution in [-0.4, -0.2) is 53.7 Å². The number of rotatable bonds is 2. The molecule has 0 spiro atoms. The number of amides is 3. The molecule has 126 valence electrons. The summed E-state index contributed by atoms with van der Waals surface area (Å²) < 4.78 is 0. The van der Waals surface area contributed by atoms with Gasteiger partial charge in [0.25, 0.3) is 5.91 Å². The molecule has 0 atom stereocenters. The highest BCUT2D eigenvalue weighted by Gasteiger charge is 2.34. The third-order valence-corrected chi connectivity index (χ3v) is 5.00. The van der Waals surface area contributed by atoms with Crippen molar-refractivity contribution in [3.8, 4) is 0 Å². The fraction of sp³-hybridized carbons (Fsp3) is 0.500. The Morgan fingerprint density at radius 3 is 2.58 bits per heavy atom. The molecule has 24 heavy (non-hydrogen) atoms. The lowest BCUT2D eigenvalue weighted by Crippen LogP contribution is -2.38. The van der Waals surface area contributed by atoms with Crippen LogP contribution in [0.1, 0.15) is 35.2 Å². The molecule has 2 fully saturated rings. The highest BCUT2D eigenvalue weighted by Crippen LogP contribution is 2.31. The number of fused-ring (bicyclic) bond motifs is 1. The molecule has 1 saturated heterocycles. The van der Waals surface area contributed by atoms with E-state index < -0.39 is 0 Å². The van der Waals surface area contributed by atoms with Gasteiger partial charge in [0.2, 0.25) is 11.8 Å². The maximum atomic E-state index is 12.8. The maximum absolute atomic E-state index is 12.8. The van der Waals surface area contributed by atoms with E-state index in [2.05, 4.69) is 5.32 Å². The molecule has 1 aliphatic carbocycles. The summed E-state index contributed by atoms with van der Waals surface area (Å²) in [6, 6.07) is 5.38. The van der Waals surface area contributed by atoms with E-state index in [-0.39, 0.29) is 23.6 Å². The van der Waals surface area contributed by atoms with Crippen molar-refractivity contribution in [2.24, 2.45) is 5.92 Å². The van der Waals surface area contributed by atoms with Crippen molar-refractivity contribution in [3.63, 3.8) is 0 Å². The zero-order valence-corrected chi connectivity index (χ0v) is 13.6. The van der Waals surface area contributed by atoms with Gasteiger partial charge in [-0.1, -0.05) is 0 Å². The van der Waals surface area contributed by atoms with Crippen LogP contribution in [0, 0.1) is 5.92 Å². The van der Waals surface area contributed by atoms with E-state index in [9.17, 15) is 14.4 Å². The molecule has 1 saturated carbocycles. The number of benzene rings is 1. The van der Waals surface area contributed by atoms with Crippen LogP contribution in [0.3, 0.4) is 0 Å².